The maximum absolute atomic E-state index is 13.3. The Kier molecular flexibility index (Phi) is 3.83. The molecule has 0 spiro atoms. The van der Waals surface area contributed by atoms with E-state index in [1.165, 1.54) is 19.2 Å². The summed E-state index contributed by atoms with van der Waals surface area (Å²) in [6, 6.07) is 2.67. The molecule has 4 N–H and O–H groups in total. The summed E-state index contributed by atoms with van der Waals surface area (Å²) in [5.74, 6) is -0.395. The summed E-state index contributed by atoms with van der Waals surface area (Å²) in [7, 11) is 1.39. The van der Waals surface area contributed by atoms with Gasteiger partial charge in [0.25, 0.3) is 0 Å². The number of nitrogen functional groups attached to an aromatic ring is 1. The molecule has 0 saturated heterocycles. The van der Waals surface area contributed by atoms with Crippen LogP contribution >= 0.6 is 0 Å². The summed E-state index contributed by atoms with van der Waals surface area (Å²) in [5.41, 5.74) is 5.95. The quantitative estimate of drug-likeness (QED) is 0.706. The topological polar surface area (TPSA) is 67.5 Å². The molecule has 1 rings (SSSR count). The number of halogens is 1. The third kappa shape index (κ3) is 3.00. The molecule has 17 heavy (non-hydrogen) atoms. The Bertz CT molecular complexity index is 406. The van der Waals surface area contributed by atoms with Crippen molar-refractivity contribution in [2.75, 3.05) is 18.2 Å². The van der Waals surface area contributed by atoms with E-state index < -0.39 is 17.5 Å². The van der Waals surface area contributed by atoms with Gasteiger partial charge in [0, 0.05) is 12.1 Å². The number of ether oxygens (including phenoxy) is 1. The van der Waals surface area contributed by atoms with Crippen LogP contribution in [0.25, 0.3) is 0 Å². The van der Waals surface area contributed by atoms with Crippen LogP contribution in [0.2, 0.25) is 0 Å². The Balaban J connectivity index is 3.07. The van der Waals surface area contributed by atoms with Crippen LogP contribution in [0, 0.1) is 5.82 Å². The molecule has 4 nitrogen and oxygen atoms in total. The second kappa shape index (κ2) is 4.79. The number of methoxy groups -OCH3 is 1. The zero-order chi connectivity index (χ0) is 13.2. The van der Waals surface area contributed by atoms with Gasteiger partial charge in [0.2, 0.25) is 0 Å². The molecule has 1 aromatic carbocycles. The van der Waals surface area contributed by atoms with E-state index in [1.807, 2.05) is 13.8 Å². The molecule has 1 aromatic rings. The summed E-state index contributed by atoms with van der Waals surface area (Å²) in [4.78, 5) is 0. The first kappa shape index (κ1) is 13.6. The zero-order valence-electron chi connectivity index (χ0n) is 10.5. The first-order valence-electron chi connectivity index (χ1n) is 5.37. The molecule has 0 aliphatic carbocycles. The molecule has 0 aliphatic rings. The largest absolute Gasteiger partial charge is 0.494 e. The van der Waals surface area contributed by atoms with Crippen LogP contribution in [0.5, 0.6) is 5.75 Å². The number of nitrogens with one attached hydrogen (secondary N) is 1. The average Bonchev–Trinajstić information content (AvgIpc) is 2.21. The number of hydrogen-bond acceptors (Lipinski definition) is 4. The Hall–Kier alpha value is -1.49. The first-order valence-corrected chi connectivity index (χ1v) is 5.37. The highest BCUT2D eigenvalue weighted by molar-refractivity contribution is 5.69. The van der Waals surface area contributed by atoms with Crippen LogP contribution in [0.15, 0.2) is 12.1 Å². The lowest BCUT2D eigenvalue weighted by Gasteiger charge is -2.31. The van der Waals surface area contributed by atoms with Crippen molar-refractivity contribution in [3.8, 4) is 5.75 Å². The SMILES string of the molecule is COc1cc(NC(C)(C)C(C)O)c(N)cc1F. The fourth-order valence-electron chi connectivity index (χ4n) is 1.28. The monoisotopic (exact) mass is 242 g/mol. The Morgan fingerprint density at radius 1 is 1.47 bits per heavy atom. The summed E-state index contributed by atoms with van der Waals surface area (Å²) in [6.07, 6.45) is -0.585. The van der Waals surface area contributed by atoms with Crippen molar-refractivity contribution in [3.05, 3.63) is 17.9 Å². The molecule has 0 fully saturated rings. The molecule has 1 unspecified atom stereocenters. The molecule has 5 heteroatoms. The number of aliphatic hydroxyl groups is 1. The average molecular weight is 242 g/mol. The van der Waals surface area contributed by atoms with Crippen molar-refractivity contribution in [2.24, 2.45) is 0 Å². The van der Waals surface area contributed by atoms with Gasteiger partial charge < -0.3 is 20.9 Å². The lowest BCUT2D eigenvalue weighted by molar-refractivity contribution is 0.133. The van der Waals surface area contributed by atoms with Crippen molar-refractivity contribution in [1.29, 1.82) is 0 Å². The zero-order valence-corrected chi connectivity index (χ0v) is 10.5. The molecule has 0 saturated carbocycles. The van der Waals surface area contributed by atoms with E-state index in [-0.39, 0.29) is 11.4 Å². The number of nitrogens with two attached hydrogens (primary N) is 1. The standard InChI is InChI=1S/C12H19FN2O2/c1-7(16)12(2,3)15-10-6-11(17-4)8(13)5-9(10)14/h5-7,15-16H,14H2,1-4H3. The Morgan fingerprint density at radius 2 is 2.06 bits per heavy atom. The highest BCUT2D eigenvalue weighted by atomic mass is 19.1. The van der Waals surface area contributed by atoms with E-state index in [1.54, 1.807) is 6.92 Å². The van der Waals surface area contributed by atoms with E-state index in [0.717, 1.165) is 0 Å². The smallest absolute Gasteiger partial charge is 0.167 e. The number of aliphatic hydroxyl groups excluding tert-OH is 1. The second-order valence-electron chi connectivity index (χ2n) is 4.60. The van der Waals surface area contributed by atoms with E-state index in [4.69, 9.17) is 10.5 Å². The lowest BCUT2D eigenvalue weighted by Crippen LogP contribution is -2.42. The molecule has 1 atom stereocenters. The predicted octanol–water partition coefficient (Wildman–Crippen LogP) is 1.99. The van der Waals surface area contributed by atoms with E-state index in [2.05, 4.69) is 5.32 Å². The molecule has 0 aliphatic heterocycles. The molecule has 0 radical (unpaired) electrons. The van der Waals surface area contributed by atoms with E-state index in [9.17, 15) is 9.50 Å². The van der Waals surface area contributed by atoms with Crippen molar-refractivity contribution in [3.63, 3.8) is 0 Å². The van der Waals surface area contributed by atoms with Crippen LogP contribution in [-0.2, 0) is 0 Å². The highest BCUT2D eigenvalue weighted by Crippen LogP contribution is 2.30. The van der Waals surface area contributed by atoms with E-state index >= 15 is 0 Å². The van der Waals surface area contributed by atoms with Crippen molar-refractivity contribution >= 4 is 11.4 Å². The molecular weight excluding hydrogens is 223 g/mol. The maximum Gasteiger partial charge on any atom is 0.167 e. The van der Waals surface area contributed by atoms with Gasteiger partial charge in [-0.2, -0.15) is 0 Å². The lowest BCUT2D eigenvalue weighted by atomic mass is 9.98. The highest BCUT2D eigenvalue weighted by Gasteiger charge is 2.25. The summed E-state index contributed by atoms with van der Waals surface area (Å²) >= 11 is 0. The first-order chi connectivity index (χ1) is 7.77. The molecule has 96 valence electrons. The van der Waals surface area contributed by atoms with Crippen LogP contribution < -0.4 is 15.8 Å². The number of rotatable bonds is 4. The molecule has 0 amide bonds. The maximum atomic E-state index is 13.3. The minimum atomic E-state index is -0.585. The second-order valence-corrected chi connectivity index (χ2v) is 4.60. The van der Waals surface area contributed by atoms with Crippen molar-refractivity contribution < 1.29 is 14.2 Å². The van der Waals surface area contributed by atoms with Gasteiger partial charge in [-0.1, -0.05) is 0 Å². The fourth-order valence-corrected chi connectivity index (χ4v) is 1.28. The predicted molar refractivity (Wildman–Crippen MR) is 66.7 cm³/mol. The fraction of sp³-hybridized carbons (Fsp3) is 0.500. The van der Waals surface area contributed by atoms with Gasteiger partial charge in [-0.3, -0.25) is 0 Å². The van der Waals surface area contributed by atoms with Gasteiger partial charge in [0.1, 0.15) is 0 Å². The number of hydrogen-bond donors (Lipinski definition) is 3. The van der Waals surface area contributed by atoms with Gasteiger partial charge in [-0.05, 0) is 20.8 Å². The summed E-state index contributed by atoms with van der Waals surface area (Å²) in [6.45, 7) is 5.32. The van der Waals surface area contributed by atoms with Crippen LogP contribution in [-0.4, -0.2) is 23.9 Å². The van der Waals surface area contributed by atoms with Crippen molar-refractivity contribution in [1.82, 2.24) is 0 Å². The van der Waals surface area contributed by atoms with Crippen LogP contribution in [0.3, 0.4) is 0 Å². The number of anilines is 2. The van der Waals surface area contributed by atoms with Gasteiger partial charge in [0.05, 0.1) is 30.1 Å². The summed E-state index contributed by atoms with van der Waals surface area (Å²) in [5, 5.41) is 12.7. The molecule has 0 bridgehead atoms. The van der Waals surface area contributed by atoms with Gasteiger partial charge in [0.15, 0.2) is 11.6 Å². The van der Waals surface area contributed by atoms with Crippen LogP contribution in [0.4, 0.5) is 15.8 Å². The van der Waals surface area contributed by atoms with Crippen LogP contribution in [0.1, 0.15) is 20.8 Å². The third-order valence-electron chi connectivity index (χ3n) is 2.83. The molecule has 0 aromatic heterocycles. The van der Waals surface area contributed by atoms with Crippen molar-refractivity contribution in [2.45, 2.75) is 32.4 Å². The molecule has 0 heterocycles. The minimum Gasteiger partial charge on any atom is -0.494 e. The van der Waals surface area contributed by atoms with Gasteiger partial charge in [-0.15, -0.1) is 0 Å². The normalized spacial score (nSPS) is 13.3. The Labute approximate surface area is 101 Å². The number of benzene rings is 1. The minimum absolute atomic E-state index is 0.114. The Morgan fingerprint density at radius 3 is 2.53 bits per heavy atom. The van der Waals surface area contributed by atoms with Gasteiger partial charge in [-0.25, -0.2) is 4.39 Å². The van der Waals surface area contributed by atoms with Gasteiger partial charge >= 0.3 is 0 Å². The third-order valence-corrected chi connectivity index (χ3v) is 2.83. The molecular formula is C12H19FN2O2. The van der Waals surface area contributed by atoms with E-state index in [0.29, 0.717) is 5.69 Å². The summed E-state index contributed by atoms with van der Waals surface area (Å²) < 4.78 is 18.2.